The SMILES string of the molecule is COc1ccc(C(=O)NCC(=O)OC(C)C(=O)NCC(=O)Nc2c(C)cccc2C)cc1. The zero-order chi connectivity index (χ0) is 23.7. The Hall–Kier alpha value is -3.88. The number of aryl methyl sites for hydroxylation is 2. The lowest BCUT2D eigenvalue weighted by Crippen LogP contribution is -2.41. The van der Waals surface area contributed by atoms with E-state index >= 15 is 0 Å². The van der Waals surface area contributed by atoms with Crippen LogP contribution in [0.3, 0.4) is 0 Å². The van der Waals surface area contributed by atoms with E-state index in [1.165, 1.54) is 14.0 Å². The number of ether oxygens (including phenoxy) is 2. The topological polar surface area (TPSA) is 123 Å². The van der Waals surface area contributed by atoms with Gasteiger partial charge in [0.05, 0.1) is 13.7 Å². The third kappa shape index (κ3) is 7.12. The van der Waals surface area contributed by atoms with E-state index in [2.05, 4.69) is 16.0 Å². The molecule has 9 heteroatoms. The molecule has 1 atom stereocenters. The zero-order valence-electron chi connectivity index (χ0n) is 18.5. The van der Waals surface area contributed by atoms with Gasteiger partial charge in [0.2, 0.25) is 5.91 Å². The smallest absolute Gasteiger partial charge is 0.326 e. The lowest BCUT2D eigenvalue weighted by molar-refractivity contribution is -0.153. The van der Waals surface area contributed by atoms with Crippen LogP contribution in [-0.4, -0.2) is 50.0 Å². The van der Waals surface area contributed by atoms with Gasteiger partial charge in [-0.3, -0.25) is 19.2 Å². The molecule has 0 radical (unpaired) electrons. The van der Waals surface area contributed by atoms with Crippen molar-refractivity contribution in [2.75, 3.05) is 25.5 Å². The summed E-state index contributed by atoms with van der Waals surface area (Å²) in [6, 6.07) is 12.0. The molecule has 0 saturated heterocycles. The lowest BCUT2D eigenvalue weighted by Gasteiger charge is -2.15. The number of benzene rings is 2. The van der Waals surface area contributed by atoms with Gasteiger partial charge < -0.3 is 25.4 Å². The standard InChI is InChI=1S/C23H27N3O6/c1-14-6-5-7-15(2)21(14)26-19(27)12-24-22(29)16(3)32-20(28)13-25-23(30)17-8-10-18(31-4)11-9-17/h5-11,16H,12-13H2,1-4H3,(H,24,29)(H,25,30)(H,26,27). The number of rotatable bonds is 9. The van der Waals surface area contributed by atoms with Crippen molar-refractivity contribution >= 4 is 29.4 Å². The van der Waals surface area contributed by atoms with Crippen molar-refractivity contribution in [2.24, 2.45) is 0 Å². The molecule has 2 aromatic rings. The number of anilines is 1. The average Bonchev–Trinajstić information content (AvgIpc) is 2.78. The number of methoxy groups -OCH3 is 1. The second-order valence-corrected chi connectivity index (χ2v) is 7.08. The number of hydrogen-bond donors (Lipinski definition) is 3. The minimum absolute atomic E-state index is 0.275. The number of carbonyl (C=O) groups is 4. The van der Waals surface area contributed by atoms with Gasteiger partial charge in [-0.1, -0.05) is 18.2 Å². The molecule has 0 aliphatic rings. The first-order valence-electron chi connectivity index (χ1n) is 9.96. The highest BCUT2D eigenvalue weighted by atomic mass is 16.5. The molecule has 1 unspecified atom stereocenters. The van der Waals surface area contributed by atoms with Crippen LogP contribution in [0.5, 0.6) is 5.75 Å². The molecule has 3 N–H and O–H groups in total. The van der Waals surface area contributed by atoms with Gasteiger partial charge in [-0.2, -0.15) is 0 Å². The Morgan fingerprint density at radius 2 is 1.53 bits per heavy atom. The highest BCUT2D eigenvalue weighted by Gasteiger charge is 2.19. The Bertz CT molecular complexity index is 967. The van der Waals surface area contributed by atoms with Crippen LogP contribution in [0.2, 0.25) is 0 Å². The van der Waals surface area contributed by atoms with Crippen LogP contribution >= 0.6 is 0 Å². The molecule has 9 nitrogen and oxygen atoms in total. The first-order chi connectivity index (χ1) is 15.2. The largest absolute Gasteiger partial charge is 0.497 e. The van der Waals surface area contributed by atoms with Crippen molar-refractivity contribution in [3.05, 3.63) is 59.2 Å². The van der Waals surface area contributed by atoms with Crippen LogP contribution in [0.25, 0.3) is 0 Å². The maximum Gasteiger partial charge on any atom is 0.326 e. The summed E-state index contributed by atoms with van der Waals surface area (Å²) in [5.41, 5.74) is 2.85. The van der Waals surface area contributed by atoms with Crippen molar-refractivity contribution in [1.29, 1.82) is 0 Å². The summed E-state index contributed by atoms with van der Waals surface area (Å²) in [6.45, 7) is 4.44. The van der Waals surface area contributed by atoms with E-state index in [4.69, 9.17) is 9.47 Å². The number of esters is 1. The normalized spacial score (nSPS) is 11.1. The molecular formula is C23H27N3O6. The van der Waals surface area contributed by atoms with E-state index < -0.39 is 36.3 Å². The quantitative estimate of drug-likeness (QED) is 0.510. The van der Waals surface area contributed by atoms with E-state index in [-0.39, 0.29) is 6.54 Å². The summed E-state index contributed by atoms with van der Waals surface area (Å²) in [5.74, 6) is -1.68. The van der Waals surface area contributed by atoms with E-state index in [1.807, 2.05) is 32.0 Å². The first-order valence-corrected chi connectivity index (χ1v) is 9.96. The highest BCUT2D eigenvalue weighted by molar-refractivity contribution is 5.97. The predicted molar refractivity (Wildman–Crippen MR) is 118 cm³/mol. The molecule has 0 aliphatic heterocycles. The minimum Gasteiger partial charge on any atom is -0.497 e. The molecule has 0 spiro atoms. The van der Waals surface area contributed by atoms with Crippen LogP contribution in [0.1, 0.15) is 28.4 Å². The van der Waals surface area contributed by atoms with Crippen molar-refractivity contribution in [3.63, 3.8) is 0 Å². The fraction of sp³-hybridized carbons (Fsp3) is 0.304. The third-order valence-electron chi connectivity index (χ3n) is 4.59. The van der Waals surface area contributed by atoms with E-state index in [0.717, 1.165) is 11.1 Å². The fourth-order valence-corrected chi connectivity index (χ4v) is 2.80. The number of carbonyl (C=O) groups excluding carboxylic acids is 4. The molecule has 2 aromatic carbocycles. The van der Waals surface area contributed by atoms with Crippen LogP contribution in [0.4, 0.5) is 5.69 Å². The number of para-hydroxylation sites is 1. The van der Waals surface area contributed by atoms with Gasteiger partial charge in [-0.25, -0.2) is 0 Å². The van der Waals surface area contributed by atoms with Crippen LogP contribution in [0.15, 0.2) is 42.5 Å². The molecule has 0 bridgehead atoms. The van der Waals surface area contributed by atoms with Gasteiger partial charge in [0.15, 0.2) is 6.10 Å². The fourth-order valence-electron chi connectivity index (χ4n) is 2.80. The van der Waals surface area contributed by atoms with Gasteiger partial charge in [-0.05, 0) is 56.2 Å². The Morgan fingerprint density at radius 3 is 2.12 bits per heavy atom. The van der Waals surface area contributed by atoms with E-state index in [1.54, 1.807) is 24.3 Å². The molecule has 0 saturated carbocycles. The maximum absolute atomic E-state index is 12.1. The van der Waals surface area contributed by atoms with E-state index in [0.29, 0.717) is 17.0 Å². The number of hydrogen-bond acceptors (Lipinski definition) is 6. The Labute approximate surface area is 186 Å². The van der Waals surface area contributed by atoms with Gasteiger partial charge in [0.1, 0.15) is 12.3 Å². The first kappa shape index (κ1) is 24.4. The summed E-state index contributed by atoms with van der Waals surface area (Å²) in [4.78, 5) is 48.2. The Kier molecular flexibility index (Phi) is 8.76. The summed E-state index contributed by atoms with van der Waals surface area (Å²) >= 11 is 0. The predicted octanol–water partition coefficient (Wildman–Crippen LogP) is 1.73. The van der Waals surface area contributed by atoms with Crippen molar-refractivity contribution in [2.45, 2.75) is 26.9 Å². The molecule has 0 aromatic heterocycles. The summed E-state index contributed by atoms with van der Waals surface area (Å²) in [7, 11) is 1.51. The van der Waals surface area contributed by atoms with Gasteiger partial charge in [-0.15, -0.1) is 0 Å². The zero-order valence-corrected chi connectivity index (χ0v) is 18.5. The molecule has 0 heterocycles. The summed E-state index contributed by atoms with van der Waals surface area (Å²) in [5, 5.41) is 7.59. The summed E-state index contributed by atoms with van der Waals surface area (Å²) < 4.78 is 10.0. The maximum atomic E-state index is 12.1. The van der Waals surface area contributed by atoms with Crippen molar-refractivity contribution in [1.82, 2.24) is 10.6 Å². The Balaban J connectivity index is 1.74. The van der Waals surface area contributed by atoms with Crippen LogP contribution in [0, 0.1) is 13.8 Å². The van der Waals surface area contributed by atoms with Crippen LogP contribution in [-0.2, 0) is 19.1 Å². The van der Waals surface area contributed by atoms with Gasteiger partial charge in [0, 0.05) is 11.3 Å². The van der Waals surface area contributed by atoms with Crippen LogP contribution < -0.4 is 20.7 Å². The molecule has 170 valence electrons. The molecule has 2 rings (SSSR count). The monoisotopic (exact) mass is 441 g/mol. The third-order valence-corrected chi connectivity index (χ3v) is 4.59. The molecule has 3 amide bonds. The Morgan fingerprint density at radius 1 is 0.906 bits per heavy atom. The molecule has 0 aliphatic carbocycles. The van der Waals surface area contributed by atoms with Crippen molar-refractivity contribution < 1.29 is 28.7 Å². The lowest BCUT2D eigenvalue weighted by atomic mass is 10.1. The second kappa shape index (κ2) is 11.5. The molecule has 32 heavy (non-hydrogen) atoms. The highest BCUT2D eigenvalue weighted by Crippen LogP contribution is 2.19. The van der Waals surface area contributed by atoms with E-state index in [9.17, 15) is 19.2 Å². The minimum atomic E-state index is -1.13. The summed E-state index contributed by atoms with van der Waals surface area (Å²) in [6.07, 6.45) is -1.13. The molecular weight excluding hydrogens is 414 g/mol. The second-order valence-electron chi connectivity index (χ2n) is 7.08. The molecule has 0 fully saturated rings. The number of amides is 3. The van der Waals surface area contributed by atoms with Crippen molar-refractivity contribution in [3.8, 4) is 5.75 Å². The average molecular weight is 441 g/mol. The number of nitrogens with one attached hydrogen (secondary N) is 3. The van der Waals surface area contributed by atoms with Gasteiger partial charge in [0.25, 0.3) is 11.8 Å². The van der Waals surface area contributed by atoms with Gasteiger partial charge >= 0.3 is 5.97 Å².